The van der Waals surface area contributed by atoms with Gasteiger partial charge in [-0.25, -0.2) is 0 Å². The summed E-state index contributed by atoms with van der Waals surface area (Å²) in [7, 11) is 0. The van der Waals surface area contributed by atoms with Crippen LogP contribution in [0.3, 0.4) is 0 Å². The van der Waals surface area contributed by atoms with E-state index in [4.69, 9.17) is 12.2 Å². The van der Waals surface area contributed by atoms with Crippen LogP contribution in [0.1, 0.15) is 23.8 Å². The number of carbonyl (C=O) groups excluding carboxylic acids is 1. The van der Waals surface area contributed by atoms with Crippen molar-refractivity contribution < 1.29 is 9.32 Å². The van der Waals surface area contributed by atoms with Crippen molar-refractivity contribution in [2.24, 2.45) is 0 Å². The van der Waals surface area contributed by atoms with E-state index < -0.39 is 0 Å². The molecule has 1 rings (SSSR count). The summed E-state index contributed by atoms with van der Waals surface area (Å²) in [6, 6.07) is 1.27. The van der Waals surface area contributed by atoms with Gasteiger partial charge in [0, 0.05) is 18.5 Å². The molecule has 0 aliphatic carbocycles. The van der Waals surface area contributed by atoms with Crippen LogP contribution in [0.25, 0.3) is 0 Å². The molecule has 0 spiro atoms. The maximum Gasteiger partial charge on any atom is 0.273 e. The average Bonchev–Trinajstić information content (AvgIpc) is 2.52. The summed E-state index contributed by atoms with van der Waals surface area (Å²) < 4.78 is 4.55. The number of aromatic nitrogens is 1. The summed E-state index contributed by atoms with van der Waals surface area (Å²) >= 11 is 0. The zero-order chi connectivity index (χ0) is 10.6. The highest BCUT2D eigenvalue weighted by atomic mass is 16.5. The molecule has 14 heavy (non-hydrogen) atoms. The standard InChI is InChI=1S/C9H11N3O2/c1-3-4-6(2)11-9(13)7-5-8(10)14-12-7/h1,5-6H,4,10H2,2H3,(H,11,13). The Hall–Kier alpha value is -1.96. The van der Waals surface area contributed by atoms with E-state index in [2.05, 4.69) is 20.9 Å². The molecule has 74 valence electrons. The summed E-state index contributed by atoms with van der Waals surface area (Å²) in [6.07, 6.45) is 5.56. The molecule has 1 atom stereocenters. The van der Waals surface area contributed by atoms with E-state index in [-0.39, 0.29) is 23.5 Å². The van der Waals surface area contributed by atoms with Gasteiger partial charge in [-0.05, 0) is 6.92 Å². The van der Waals surface area contributed by atoms with Crippen LogP contribution in [0.4, 0.5) is 5.88 Å². The molecule has 0 saturated carbocycles. The van der Waals surface area contributed by atoms with Gasteiger partial charge in [0.15, 0.2) is 5.69 Å². The predicted molar refractivity (Wildman–Crippen MR) is 51.3 cm³/mol. The van der Waals surface area contributed by atoms with Crippen molar-refractivity contribution in [1.29, 1.82) is 0 Å². The molecule has 1 amide bonds. The van der Waals surface area contributed by atoms with Crippen LogP contribution in [0.2, 0.25) is 0 Å². The second-order valence-electron chi connectivity index (χ2n) is 2.90. The van der Waals surface area contributed by atoms with Gasteiger partial charge in [-0.15, -0.1) is 12.3 Å². The van der Waals surface area contributed by atoms with E-state index in [1.165, 1.54) is 6.07 Å². The fourth-order valence-electron chi connectivity index (χ4n) is 0.922. The Morgan fingerprint density at radius 3 is 3.14 bits per heavy atom. The lowest BCUT2D eigenvalue weighted by Crippen LogP contribution is -2.32. The van der Waals surface area contributed by atoms with Crippen molar-refractivity contribution in [1.82, 2.24) is 10.5 Å². The van der Waals surface area contributed by atoms with Gasteiger partial charge in [0.25, 0.3) is 5.91 Å². The average molecular weight is 193 g/mol. The highest BCUT2D eigenvalue weighted by Crippen LogP contribution is 2.04. The van der Waals surface area contributed by atoms with Crippen molar-refractivity contribution in [3.63, 3.8) is 0 Å². The van der Waals surface area contributed by atoms with Gasteiger partial charge in [-0.2, -0.15) is 0 Å². The molecule has 1 unspecified atom stereocenters. The molecule has 1 aromatic rings. The Balaban J connectivity index is 2.55. The lowest BCUT2D eigenvalue weighted by molar-refractivity contribution is 0.0932. The number of nitrogens with zero attached hydrogens (tertiary/aromatic N) is 1. The number of hydrogen-bond acceptors (Lipinski definition) is 4. The number of nitrogens with two attached hydrogens (primary N) is 1. The third-order valence-electron chi connectivity index (χ3n) is 1.56. The summed E-state index contributed by atoms with van der Waals surface area (Å²) in [5.74, 6) is 2.22. The molecule has 5 heteroatoms. The zero-order valence-corrected chi connectivity index (χ0v) is 7.78. The number of amides is 1. The third kappa shape index (κ3) is 2.52. The van der Waals surface area contributed by atoms with E-state index >= 15 is 0 Å². The van der Waals surface area contributed by atoms with Crippen LogP contribution < -0.4 is 11.1 Å². The van der Waals surface area contributed by atoms with Crippen molar-refractivity contribution >= 4 is 11.8 Å². The topological polar surface area (TPSA) is 81.2 Å². The minimum atomic E-state index is -0.340. The van der Waals surface area contributed by atoms with Gasteiger partial charge in [-0.3, -0.25) is 4.79 Å². The molecule has 0 saturated heterocycles. The molecule has 3 N–H and O–H groups in total. The second-order valence-corrected chi connectivity index (χ2v) is 2.90. The lowest BCUT2D eigenvalue weighted by Gasteiger charge is -2.08. The van der Waals surface area contributed by atoms with Crippen LogP contribution in [-0.4, -0.2) is 17.1 Å². The Kier molecular flexibility index (Phi) is 3.13. The number of rotatable bonds is 3. The first-order valence-corrected chi connectivity index (χ1v) is 4.10. The van der Waals surface area contributed by atoms with Crippen LogP contribution in [-0.2, 0) is 0 Å². The Labute approximate surface area is 81.6 Å². The van der Waals surface area contributed by atoms with E-state index in [0.29, 0.717) is 6.42 Å². The van der Waals surface area contributed by atoms with Crippen LogP contribution in [0.5, 0.6) is 0 Å². The first-order valence-electron chi connectivity index (χ1n) is 4.10. The van der Waals surface area contributed by atoms with Crippen LogP contribution in [0, 0.1) is 12.3 Å². The molecule has 0 fully saturated rings. The van der Waals surface area contributed by atoms with E-state index in [0.717, 1.165) is 0 Å². The predicted octanol–water partition coefficient (Wildman–Crippen LogP) is 0.398. The van der Waals surface area contributed by atoms with E-state index in [1.54, 1.807) is 6.92 Å². The van der Waals surface area contributed by atoms with Crippen LogP contribution in [0.15, 0.2) is 10.6 Å². The summed E-state index contributed by atoms with van der Waals surface area (Å²) in [5.41, 5.74) is 5.42. The van der Waals surface area contributed by atoms with Gasteiger partial charge < -0.3 is 15.6 Å². The number of carbonyl (C=O) groups is 1. The van der Waals surface area contributed by atoms with Gasteiger partial charge in [-0.1, -0.05) is 5.16 Å². The Morgan fingerprint density at radius 2 is 2.64 bits per heavy atom. The number of nitrogens with one attached hydrogen (secondary N) is 1. The van der Waals surface area contributed by atoms with E-state index in [9.17, 15) is 4.79 Å². The minimum Gasteiger partial charge on any atom is -0.368 e. The fourth-order valence-corrected chi connectivity index (χ4v) is 0.922. The maximum absolute atomic E-state index is 11.4. The summed E-state index contributed by atoms with van der Waals surface area (Å²) in [4.78, 5) is 11.4. The van der Waals surface area contributed by atoms with Crippen molar-refractivity contribution in [2.45, 2.75) is 19.4 Å². The Bertz CT molecular complexity index is 364. The molecular formula is C9H11N3O2. The smallest absolute Gasteiger partial charge is 0.273 e. The Morgan fingerprint density at radius 1 is 1.93 bits per heavy atom. The highest BCUT2D eigenvalue weighted by molar-refractivity contribution is 5.92. The van der Waals surface area contributed by atoms with E-state index in [1.807, 2.05) is 0 Å². The van der Waals surface area contributed by atoms with Gasteiger partial charge >= 0.3 is 0 Å². The normalized spacial score (nSPS) is 11.7. The third-order valence-corrected chi connectivity index (χ3v) is 1.56. The molecule has 1 aromatic heterocycles. The van der Waals surface area contributed by atoms with Crippen molar-refractivity contribution in [3.05, 3.63) is 11.8 Å². The molecule has 0 radical (unpaired) electrons. The molecule has 0 aliphatic heterocycles. The molecule has 5 nitrogen and oxygen atoms in total. The second kappa shape index (κ2) is 4.33. The maximum atomic E-state index is 11.4. The first-order chi connectivity index (χ1) is 6.63. The quantitative estimate of drug-likeness (QED) is 0.681. The first kappa shape index (κ1) is 10.1. The van der Waals surface area contributed by atoms with Crippen molar-refractivity contribution in [3.8, 4) is 12.3 Å². The number of hydrogen-bond donors (Lipinski definition) is 2. The summed E-state index contributed by atoms with van der Waals surface area (Å²) in [6.45, 7) is 1.81. The minimum absolute atomic E-state index is 0.0922. The number of anilines is 1. The SMILES string of the molecule is C#CCC(C)NC(=O)c1cc(N)on1. The fraction of sp³-hybridized carbons (Fsp3) is 0.333. The molecular weight excluding hydrogens is 182 g/mol. The molecule has 0 aromatic carbocycles. The highest BCUT2D eigenvalue weighted by Gasteiger charge is 2.12. The van der Waals surface area contributed by atoms with Crippen molar-refractivity contribution in [2.75, 3.05) is 5.73 Å². The lowest BCUT2D eigenvalue weighted by atomic mass is 10.2. The van der Waals surface area contributed by atoms with Gasteiger partial charge in [0.2, 0.25) is 5.88 Å². The number of terminal acetylenes is 1. The monoisotopic (exact) mass is 193 g/mol. The molecule has 0 bridgehead atoms. The van der Waals surface area contributed by atoms with Gasteiger partial charge in [0.05, 0.1) is 0 Å². The molecule has 1 heterocycles. The zero-order valence-electron chi connectivity index (χ0n) is 7.78. The molecule has 0 aliphatic rings. The summed E-state index contributed by atoms with van der Waals surface area (Å²) in [5, 5.41) is 6.12. The van der Waals surface area contributed by atoms with Gasteiger partial charge in [0.1, 0.15) is 0 Å². The largest absolute Gasteiger partial charge is 0.368 e. The number of nitrogen functional groups attached to an aromatic ring is 1. The van der Waals surface area contributed by atoms with Crippen LogP contribution >= 0.6 is 0 Å².